The van der Waals surface area contributed by atoms with Crippen LogP contribution in [-0.4, -0.2) is 22.4 Å². The summed E-state index contributed by atoms with van der Waals surface area (Å²) in [6.07, 6.45) is 3.89. The summed E-state index contributed by atoms with van der Waals surface area (Å²) in [6.45, 7) is 12.5. The van der Waals surface area contributed by atoms with Gasteiger partial charge in [0, 0.05) is 46.0 Å². The number of carbonyl (C=O) groups excluding carboxylic acids is 2. The van der Waals surface area contributed by atoms with E-state index in [1.54, 1.807) is 29.3 Å². The minimum absolute atomic E-state index is 0.108. The lowest BCUT2D eigenvalue weighted by Crippen LogP contribution is -2.39. The molecule has 0 bridgehead atoms. The minimum Gasteiger partial charge on any atom is -0.362 e. The van der Waals surface area contributed by atoms with Crippen LogP contribution < -0.4 is 10.6 Å². The number of amides is 1. The Balaban J connectivity index is 1.86. The van der Waals surface area contributed by atoms with Crippen molar-refractivity contribution in [3.8, 4) is 0 Å². The molecule has 2 aromatic rings. The first-order chi connectivity index (χ1) is 16.1. The summed E-state index contributed by atoms with van der Waals surface area (Å²) >= 11 is 3.57. The maximum Gasteiger partial charge on any atom is 0.255 e. The van der Waals surface area contributed by atoms with Gasteiger partial charge in [-0.25, -0.2) is 4.98 Å². The highest BCUT2D eigenvalue weighted by molar-refractivity contribution is 8.01. The molecule has 1 aliphatic heterocycles. The summed E-state index contributed by atoms with van der Waals surface area (Å²) in [6, 6.07) is 5.97. The Hall–Kier alpha value is -2.38. The number of nitrogens with one attached hydrogen (secondary N) is 2. The van der Waals surface area contributed by atoms with Crippen molar-refractivity contribution in [1.29, 1.82) is 0 Å². The van der Waals surface area contributed by atoms with E-state index in [1.165, 1.54) is 9.09 Å². The van der Waals surface area contributed by atoms with Gasteiger partial charge in [0.05, 0.1) is 4.21 Å². The number of dihydropyridines is 1. The van der Waals surface area contributed by atoms with E-state index in [0.29, 0.717) is 17.8 Å². The summed E-state index contributed by atoms with van der Waals surface area (Å²) < 4.78 is 1.20. The first-order valence-corrected chi connectivity index (χ1v) is 13.7. The smallest absolute Gasteiger partial charge is 0.255 e. The van der Waals surface area contributed by atoms with Crippen molar-refractivity contribution in [3.63, 3.8) is 0 Å². The standard InChI is InChI=1S/C27H33N3O2S2/c1-7-17-12-18(26(34-17)33-8-2)23-22(25(32)30-21-11-15(3)9-10-28-21)16(4)29-19-13-27(5,6)14-20(31)24(19)23/h9-12,23,29H,7-8,13-14H2,1-6H3,(H,28,30,32)/t23-/m0/s1. The number of anilines is 1. The van der Waals surface area contributed by atoms with E-state index in [0.717, 1.165) is 46.7 Å². The van der Waals surface area contributed by atoms with Gasteiger partial charge < -0.3 is 10.6 Å². The fourth-order valence-electron chi connectivity index (χ4n) is 4.90. The zero-order valence-electron chi connectivity index (χ0n) is 20.8. The maximum absolute atomic E-state index is 13.7. The highest BCUT2D eigenvalue weighted by atomic mass is 32.2. The van der Waals surface area contributed by atoms with Crippen molar-refractivity contribution in [3.05, 3.63) is 62.9 Å². The molecule has 0 aromatic carbocycles. The lowest BCUT2D eigenvalue weighted by atomic mass is 9.69. The molecule has 2 aliphatic rings. The van der Waals surface area contributed by atoms with Crippen molar-refractivity contribution in [1.82, 2.24) is 10.3 Å². The molecule has 1 aliphatic carbocycles. The summed E-state index contributed by atoms with van der Waals surface area (Å²) in [5, 5.41) is 6.45. The molecule has 2 N–H and O–H groups in total. The second-order valence-corrected chi connectivity index (χ2v) is 12.5. The van der Waals surface area contributed by atoms with Crippen LogP contribution in [-0.2, 0) is 16.0 Å². The molecule has 5 nitrogen and oxygen atoms in total. The van der Waals surface area contributed by atoms with Gasteiger partial charge in [-0.3, -0.25) is 9.59 Å². The summed E-state index contributed by atoms with van der Waals surface area (Å²) in [5.74, 6) is 0.991. The topological polar surface area (TPSA) is 71.1 Å². The quantitative estimate of drug-likeness (QED) is 0.456. The average molecular weight is 496 g/mol. The number of hydrogen-bond donors (Lipinski definition) is 2. The number of rotatable bonds is 6. The molecular formula is C27H33N3O2S2. The van der Waals surface area contributed by atoms with Gasteiger partial charge in [-0.1, -0.05) is 27.7 Å². The van der Waals surface area contributed by atoms with E-state index in [9.17, 15) is 9.59 Å². The largest absolute Gasteiger partial charge is 0.362 e. The highest BCUT2D eigenvalue weighted by Crippen LogP contribution is 2.50. The Labute approximate surface area is 210 Å². The zero-order valence-corrected chi connectivity index (χ0v) is 22.4. The molecule has 34 heavy (non-hydrogen) atoms. The van der Waals surface area contributed by atoms with Crippen molar-refractivity contribution < 1.29 is 9.59 Å². The number of aryl methyl sites for hydroxylation is 2. The van der Waals surface area contributed by atoms with Crippen LogP contribution >= 0.6 is 23.1 Å². The van der Waals surface area contributed by atoms with Gasteiger partial charge in [0.25, 0.3) is 5.91 Å². The van der Waals surface area contributed by atoms with Crippen LogP contribution in [0, 0.1) is 12.3 Å². The number of pyridine rings is 1. The third-order valence-corrected chi connectivity index (χ3v) is 8.83. The van der Waals surface area contributed by atoms with Gasteiger partial charge in [0.1, 0.15) is 5.82 Å². The SMILES string of the molecule is CCSc1sc(CC)cc1[C@H]1C(C(=O)Nc2cc(C)ccn2)=C(C)NC2=C1C(=O)CC(C)(C)C2. The minimum atomic E-state index is -0.379. The van der Waals surface area contributed by atoms with E-state index in [4.69, 9.17) is 0 Å². The number of aromatic nitrogens is 1. The van der Waals surface area contributed by atoms with Gasteiger partial charge in [-0.05, 0) is 67.2 Å². The number of thioether (sulfide) groups is 1. The summed E-state index contributed by atoms with van der Waals surface area (Å²) in [5.41, 5.74) is 5.12. The summed E-state index contributed by atoms with van der Waals surface area (Å²) in [4.78, 5) is 32.9. The molecule has 180 valence electrons. The van der Waals surface area contributed by atoms with Gasteiger partial charge >= 0.3 is 0 Å². The lowest BCUT2D eigenvalue weighted by Gasteiger charge is -2.39. The number of nitrogens with zero attached hydrogens (tertiary/aromatic N) is 1. The van der Waals surface area contributed by atoms with Crippen LogP contribution in [0.1, 0.15) is 69.4 Å². The van der Waals surface area contributed by atoms with Crippen molar-refractivity contribution >= 4 is 40.6 Å². The monoisotopic (exact) mass is 495 g/mol. The molecule has 0 saturated carbocycles. The fraction of sp³-hybridized carbons (Fsp3) is 0.444. The van der Waals surface area contributed by atoms with Gasteiger partial charge in [-0.2, -0.15) is 0 Å². The number of ketones is 1. The number of Topliss-reactive ketones (excluding diaryl/α,β-unsaturated/α-hetero) is 1. The molecule has 0 spiro atoms. The molecule has 4 rings (SSSR count). The number of hydrogen-bond acceptors (Lipinski definition) is 6. The van der Waals surface area contributed by atoms with Gasteiger partial charge in [0.15, 0.2) is 5.78 Å². The molecule has 0 saturated heterocycles. The van der Waals surface area contributed by atoms with E-state index in [2.05, 4.69) is 49.4 Å². The molecule has 0 fully saturated rings. The van der Waals surface area contributed by atoms with Gasteiger partial charge in [-0.15, -0.1) is 23.1 Å². The second kappa shape index (κ2) is 9.70. The van der Waals surface area contributed by atoms with Crippen LogP contribution in [0.25, 0.3) is 0 Å². The van der Waals surface area contributed by atoms with Crippen LogP contribution in [0.2, 0.25) is 0 Å². The Kier molecular flexibility index (Phi) is 7.06. The molecule has 0 radical (unpaired) electrons. The van der Waals surface area contributed by atoms with E-state index in [1.807, 2.05) is 26.0 Å². The molecule has 3 heterocycles. The van der Waals surface area contributed by atoms with E-state index >= 15 is 0 Å². The Morgan fingerprint density at radius 2 is 2.03 bits per heavy atom. The Morgan fingerprint density at radius 1 is 1.26 bits per heavy atom. The van der Waals surface area contributed by atoms with Crippen LogP contribution in [0.4, 0.5) is 5.82 Å². The number of allylic oxidation sites excluding steroid dienone is 3. The summed E-state index contributed by atoms with van der Waals surface area (Å²) in [7, 11) is 0. The maximum atomic E-state index is 13.7. The van der Waals surface area contributed by atoms with Crippen LogP contribution in [0.15, 0.2) is 51.1 Å². The predicted molar refractivity (Wildman–Crippen MR) is 141 cm³/mol. The van der Waals surface area contributed by atoms with E-state index in [-0.39, 0.29) is 23.0 Å². The molecule has 7 heteroatoms. The zero-order chi connectivity index (χ0) is 24.6. The first kappa shape index (κ1) is 24.7. The number of thiophene rings is 1. The van der Waals surface area contributed by atoms with E-state index < -0.39 is 0 Å². The van der Waals surface area contributed by atoms with Gasteiger partial charge in [0.2, 0.25) is 0 Å². The fourth-order valence-corrected chi connectivity index (χ4v) is 7.27. The molecule has 1 atom stereocenters. The second-order valence-electron chi connectivity index (χ2n) is 9.84. The Morgan fingerprint density at radius 3 is 2.71 bits per heavy atom. The third-order valence-electron chi connectivity index (χ3n) is 6.35. The molecule has 2 aromatic heterocycles. The van der Waals surface area contributed by atoms with Crippen molar-refractivity contribution in [2.24, 2.45) is 5.41 Å². The third kappa shape index (κ3) is 4.86. The average Bonchev–Trinajstić information content (AvgIpc) is 3.14. The van der Waals surface area contributed by atoms with Crippen LogP contribution in [0.5, 0.6) is 0 Å². The van der Waals surface area contributed by atoms with Crippen LogP contribution in [0.3, 0.4) is 0 Å². The Bertz CT molecular complexity index is 1210. The van der Waals surface area contributed by atoms with Crippen molar-refractivity contribution in [2.75, 3.05) is 11.1 Å². The lowest BCUT2D eigenvalue weighted by molar-refractivity contribution is -0.118. The first-order valence-electron chi connectivity index (χ1n) is 11.9. The van der Waals surface area contributed by atoms with Crippen molar-refractivity contribution in [2.45, 2.75) is 70.9 Å². The molecule has 0 unspecified atom stereocenters. The normalized spacial score (nSPS) is 19.7. The predicted octanol–water partition coefficient (Wildman–Crippen LogP) is 6.37. The molecule has 1 amide bonds. The highest BCUT2D eigenvalue weighted by Gasteiger charge is 2.43. The molecular weight excluding hydrogens is 462 g/mol. The number of carbonyl (C=O) groups is 2.